The van der Waals surface area contributed by atoms with E-state index >= 15 is 0 Å². The molecular formula is C15H21N3O2. The molecule has 0 aliphatic rings. The fourth-order valence-corrected chi connectivity index (χ4v) is 2.17. The van der Waals surface area contributed by atoms with E-state index in [1.165, 1.54) is 0 Å². The van der Waals surface area contributed by atoms with Crippen LogP contribution in [0.4, 0.5) is 0 Å². The lowest BCUT2D eigenvalue weighted by atomic mass is 10.0. The third-order valence-corrected chi connectivity index (χ3v) is 3.24. The molecule has 20 heavy (non-hydrogen) atoms. The number of hydrogen-bond acceptors (Lipinski definition) is 4. The Morgan fingerprint density at radius 1 is 1.35 bits per heavy atom. The van der Waals surface area contributed by atoms with Crippen LogP contribution in [0.5, 0.6) is 0 Å². The minimum absolute atomic E-state index is 0.556. The number of aromatic nitrogens is 3. The average Bonchev–Trinajstić information content (AvgIpc) is 2.77. The average molecular weight is 275 g/mol. The summed E-state index contributed by atoms with van der Waals surface area (Å²) in [6.07, 6.45) is 1.40. The zero-order valence-electron chi connectivity index (χ0n) is 12.4. The largest absolute Gasteiger partial charge is 0.389 e. The fraction of sp³-hybridized carbons (Fsp3) is 0.467. The normalized spacial score (nSPS) is 12.7. The molecule has 0 fully saturated rings. The number of hydrogen-bond donors (Lipinski definition) is 1. The molecule has 0 saturated heterocycles. The van der Waals surface area contributed by atoms with Crippen molar-refractivity contribution in [3.63, 3.8) is 0 Å². The summed E-state index contributed by atoms with van der Waals surface area (Å²) in [5.74, 6) is 0. The zero-order chi connectivity index (χ0) is 14.7. The molecule has 2 aromatic rings. The van der Waals surface area contributed by atoms with E-state index in [-0.39, 0.29) is 0 Å². The molecule has 0 aliphatic carbocycles. The molecule has 1 N–H and O–H groups in total. The highest BCUT2D eigenvalue weighted by molar-refractivity contribution is 5.65. The maximum Gasteiger partial charge on any atom is 0.0797 e. The molecule has 0 saturated carbocycles. The number of ether oxygens (including phenoxy) is 1. The second-order valence-corrected chi connectivity index (χ2v) is 4.95. The Hall–Kier alpha value is -1.72. The van der Waals surface area contributed by atoms with E-state index in [9.17, 15) is 5.11 Å². The lowest BCUT2D eigenvalue weighted by Crippen LogP contribution is -2.04. The van der Waals surface area contributed by atoms with Gasteiger partial charge in [-0.15, -0.1) is 0 Å². The summed E-state index contributed by atoms with van der Waals surface area (Å²) in [5, 5.41) is 14.4. The second-order valence-electron chi connectivity index (χ2n) is 4.95. The molecule has 5 nitrogen and oxygen atoms in total. The third-order valence-electron chi connectivity index (χ3n) is 3.24. The minimum Gasteiger partial charge on any atom is -0.389 e. The zero-order valence-corrected chi connectivity index (χ0v) is 12.4. The van der Waals surface area contributed by atoms with Crippen molar-refractivity contribution in [2.24, 2.45) is 0 Å². The summed E-state index contributed by atoms with van der Waals surface area (Å²) < 4.78 is 6.92. The van der Waals surface area contributed by atoms with Crippen molar-refractivity contribution >= 4 is 0 Å². The lowest BCUT2D eigenvalue weighted by molar-refractivity contribution is 0.183. The SMILES string of the molecule is COCCn1cc(-c2nc(C)ccc2C(C)O)c(C)n1. The van der Waals surface area contributed by atoms with Gasteiger partial charge in [0.15, 0.2) is 0 Å². The Kier molecular flexibility index (Phi) is 4.52. The third kappa shape index (κ3) is 3.05. The van der Waals surface area contributed by atoms with Crippen molar-refractivity contribution in [3.05, 3.63) is 35.3 Å². The van der Waals surface area contributed by atoms with Crippen molar-refractivity contribution in [2.75, 3.05) is 13.7 Å². The second kappa shape index (κ2) is 6.15. The standard InChI is InChI=1S/C15H21N3O2/c1-10-5-6-13(12(3)19)15(16-10)14-9-18(7-8-20-4)17-11(14)2/h5-6,9,12,19H,7-8H2,1-4H3. The molecule has 0 aromatic carbocycles. The summed E-state index contributed by atoms with van der Waals surface area (Å²) >= 11 is 0. The van der Waals surface area contributed by atoms with Gasteiger partial charge in [0.25, 0.3) is 0 Å². The summed E-state index contributed by atoms with van der Waals surface area (Å²) in [6, 6.07) is 3.84. The molecule has 2 heterocycles. The number of aryl methyl sites for hydroxylation is 2. The first kappa shape index (κ1) is 14.7. The molecule has 0 bridgehead atoms. The molecule has 2 aromatic heterocycles. The van der Waals surface area contributed by atoms with E-state index in [4.69, 9.17) is 4.74 Å². The monoisotopic (exact) mass is 275 g/mol. The number of aliphatic hydroxyl groups is 1. The Bertz CT molecular complexity index is 591. The number of aliphatic hydroxyl groups excluding tert-OH is 1. The smallest absolute Gasteiger partial charge is 0.0797 e. The van der Waals surface area contributed by atoms with E-state index < -0.39 is 6.10 Å². The van der Waals surface area contributed by atoms with Crippen LogP contribution >= 0.6 is 0 Å². The summed E-state index contributed by atoms with van der Waals surface area (Å²) in [4.78, 5) is 4.57. The highest BCUT2D eigenvalue weighted by atomic mass is 16.5. The number of nitrogens with zero attached hydrogens (tertiary/aromatic N) is 3. The van der Waals surface area contributed by atoms with Crippen LogP contribution in [0.25, 0.3) is 11.3 Å². The minimum atomic E-state index is -0.556. The van der Waals surface area contributed by atoms with Crippen molar-refractivity contribution in [2.45, 2.75) is 33.4 Å². The van der Waals surface area contributed by atoms with Gasteiger partial charge in [-0.1, -0.05) is 6.07 Å². The maximum atomic E-state index is 9.91. The van der Waals surface area contributed by atoms with Crippen LogP contribution in [0, 0.1) is 13.8 Å². The van der Waals surface area contributed by atoms with E-state index in [1.54, 1.807) is 14.0 Å². The van der Waals surface area contributed by atoms with Crippen molar-refractivity contribution in [1.29, 1.82) is 0 Å². The van der Waals surface area contributed by atoms with Gasteiger partial charge in [-0.3, -0.25) is 9.67 Å². The lowest BCUT2D eigenvalue weighted by Gasteiger charge is -2.11. The Balaban J connectivity index is 2.45. The molecule has 1 atom stereocenters. The van der Waals surface area contributed by atoms with Gasteiger partial charge in [-0.05, 0) is 26.8 Å². The topological polar surface area (TPSA) is 60.2 Å². The molecule has 2 rings (SSSR count). The van der Waals surface area contributed by atoms with E-state index in [1.807, 2.05) is 36.9 Å². The first-order valence-electron chi connectivity index (χ1n) is 6.72. The molecule has 5 heteroatoms. The van der Waals surface area contributed by atoms with Crippen LogP contribution in [-0.2, 0) is 11.3 Å². The van der Waals surface area contributed by atoms with Gasteiger partial charge >= 0.3 is 0 Å². The number of rotatable bonds is 5. The molecule has 0 aliphatic heterocycles. The quantitative estimate of drug-likeness (QED) is 0.909. The Labute approximate surface area is 119 Å². The van der Waals surface area contributed by atoms with Crippen LogP contribution < -0.4 is 0 Å². The molecule has 1 unspecified atom stereocenters. The van der Waals surface area contributed by atoms with Gasteiger partial charge in [0.1, 0.15) is 0 Å². The molecule has 0 amide bonds. The number of pyridine rings is 1. The van der Waals surface area contributed by atoms with Crippen LogP contribution in [0.15, 0.2) is 18.3 Å². The predicted octanol–water partition coefficient (Wildman–Crippen LogP) is 2.26. The van der Waals surface area contributed by atoms with Gasteiger partial charge in [0, 0.05) is 30.1 Å². The highest BCUT2D eigenvalue weighted by Gasteiger charge is 2.16. The first-order valence-corrected chi connectivity index (χ1v) is 6.72. The Morgan fingerprint density at radius 3 is 2.75 bits per heavy atom. The summed E-state index contributed by atoms with van der Waals surface area (Å²) in [6.45, 7) is 6.97. The molecule has 108 valence electrons. The van der Waals surface area contributed by atoms with Crippen molar-refractivity contribution in [1.82, 2.24) is 14.8 Å². The Morgan fingerprint density at radius 2 is 2.10 bits per heavy atom. The van der Waals surface area contributed by atoms with E-state index in [2.05, 4.69) is 10.1 Å². The van der Waals surface area contributed by atoms with Gasteiger partial charge in [0.05, 0.1) is 30.6 Å². The van der Waals surface area contributed by atoms with E-state index in [0.717, 1.165) is 28.2 Å². The van der Waals surface area contributed by atoms with Crippen LogP contribution in [0.1, 0.15) is 30.0 Å². The van der Waals surface area contributed by atoms with Crippen LogP contribution in [0.2, 0.25) is 0 Å². The maximum absolute atomic E-state index is 9.91. The highest BCUT2D eigenvalue weighted by Crippen LogP contribution is 2.28. The van der Waals surface area contributed by atoms with Gasteiger partial charge in [0.2, 0.25) is 0 Å². The van der Waals surface area contributed by atoms with E-state index in [0.29, 0.717) is 13.2 Å². The summed E-state index contributed by atoms with van der Waals surface area (Å²) in [5.41, 5.74) is 4.42. The molecular weight excluding hydrogens is 254 g/mol. The van der Waals surface area contributed by atoms with Crippen molar-refractivity contribution in [3.8, 4) is 11.3 Å². The predicted molar refractivity (Wildman–Crippen MR) is 77.4 cm³/mol. The fourth-order valence-electron chi connectivity index (χ4n) is 2.17. The molecule has 0 radical (unpaired) electrons. The number of methoxy groups -OCH3 is 1. The first-order chi connectivity index (χ1) is 9.52. The van der Waals surface area contributed by atoms with Crippen LogP contribution in [0.3, 0.4) is 0 Å². The van der Waals surface area contributed by atoms with Gasteiger partial charge in [-0.25, -0.2) is 0 Å². The van der Waals surface area contributed by atoms with Crippen molar-refractivity contribution < 1.29 is 9.84 Å². The van der Waals surface area contributed by atoms with Gasteiger partial charge < -0.3 is 9.84 Å². The summed E-state index contributed by atoms with van der Waals surface area (Å²) in [7, 11) is 1.67. The van der Waals surface area contributed by atoms with Crippen LogP contribution in [-0.4, -0.2) is 33.6 Å². The van der Waals surface area contributed by atoms with Gasteiger partial charge in [-0.2, -0.15) is 5.10 Å². The molecule has 0 spiro atoms.